The Labute approximate surface area is 121 Å². The first-order valence-electron chi connectivity index (χ1n) is 7.11. The monoisotopic (exact) mass is 280 g/mol. The lowest BCUT2D eigenvalue weighted by atomic mass is 10.0. The molecule has 0 aliphatic rings. The molecule has 20 heavy (non-hydrogen) atoms. The highest BCUT2D eigenvalue weighted by Gasteiger charge is 2.14. The summed E-state index contributed by atoms with van der Waals surface area (Å²) in [5.74, 6) is -0.202. The second-order valence-corrected chi connectivity index (χ2v) is 6.02. The van der Waals surface area contributed by atoms with E-state index in [1.54, 1.807) is 6.07 Å². The molecule has 0 radical (unpaired) electrons. The molecule has 1 unspecified atom stereocenters. The number of rotatable bonds is 6. The van der Waals surface area contributed by atoms with E-state index in [0.29, 0.717) is 13.0 Å². The number of carbonyl (C=O) groups is 1. The number of nitrogens with one attached hydrogen (secondary N) is 2. The summed E-state index contributed by atoms with van der Waals surface area (Å²) in [4.78, 5) is 11.7. The van der Waals surface area contributed by atoms with Crippen LogP contribution < -0.4 is 10.6 Å². The second-order valence-electron chi connectivity index (χ2n) is 6.02. The standard InChI is InChI=1S/C16H25FN2O/c1-5-14(12-7-6-8-13(17)11-12)18-10-9-15(20)19-16(2,3)4/h6-8,11,14,18H,5,9-10H2,1-4H3,(H,19,20). The Morgan fingerprint density at radius 3 is 2.60 bits per heavy atom. The largest absolute Gasteiger partial charge is 0.351 e. The zero-order valence-electron chi connectivity index (χ0n) is 12.8. The normalized spacial score (nSPS) is 13.1. The minimum atomic E-state index is -0.228. The molecule has 0 saturated carbocycles. The van der Waals surface area contributed by atoms with Crippen LogP contribution in [0.1, 0.15) is 52.1 Å². The highest BCUT2D eigenvalue weighted by Crippen LogP contribution is 2.17. The van der Waals surface area contributed by atoms with Gasteiger partial charge in [-0.25, -0.2) is 4.39 Å². The van der Waals surface area contributed by atoms with Gasteiger partial charge in [0.15, 0.2) is 0 Å². The summed E-state index contributed by atoms with van der Waals surface area (Å²) in [6, 6.07) is 6.66. The third-order valence-corrected chi connectivity index (χ3v) is 2.92. The highest BCUT2D eigenvalue weighted by molar-refractivity contribution is 5.76. The van der Waals surface area contributed by atoms with E-state index in [0.717, 1.165) is 12.0 Å². The van der Waals surface area contributed by atoms with Gasteiger partial charge in [-0.3, -0.25) is 4.79 Å². The maximum Gasteiger partial charge on any atom is 0.221 e. The first-order valence-corrected chi connectivity index (χ1v) is 7.11. The molecule has 112 valence electrons. The maximum atomic E-state index is 13.2. The van der Waals surface area contributed by atoms with Crippen molar-refractivity contribution in [3.05, 3.63) is 35.6 Å². The molecule has 0 saturated heterocycles. The van der Waals surface area contributed by atoms with E-state index >= 15 is 0 Å². The Bertz CT molecular complexity index is 440. The van der Waals surface area contributed by atoms with Crippen LogP contribution in [0.25, 0.3) is 0 Å². The van der Waals surface area contributed by atoms with Crippen LogP contribution in [0.2, 0.25) is 0 Å². The molecule has 0 aliphatic heterocycles. The van der Waals surface area contributed by atoms with Crippen molar-refractivity contribution in [1.82, 2.24) is 10.6 Å². The average molecular weight is 280 g/mol. The van der Waals surface area contributed by atoms with Gasteiger partial charge in [0.1, 0.15) is 5.82 Å². The lowest BCUT2D eigenvalue weighted by molar-refractivity contribution is -0.122. The summed E-state index contributed by atoms with van der Waals surface area (Å²) >= 11 is 0. The van der Waals surface area contributed by atoms with Crippen LogP contribution in [0, 0.1) is 5.82 Å². The van der Waals surface area contributed by atoms with Gasteiger partial charge in [-0.15, -0.1) is 0 Å². The van der Waals surface area contributed by atoms with Crippen LogP contribution in [0.15, 0.2) is 24.3 Å². The second kappa shape index (κ2) is 7.39. The highest BCUT2D eigenvalue weighted by atomic mass is 19.1. The first-order chi connectivity index (χ1) is 9.31. The Morgan fingerprint density at radius 1 is 1.35 bits per heavy atom. The van der Waals surface area contributed by atoms with Crippen molar-refractivity contribution in [3.8, 4) is 0 Å². The van der Waals surface area contributed by atoms with Crippen LogP contribution in [0.4, 0.5) is 4.39 Å². The minimum Gasteiger partial charge on any atom is -0.351 e. The van der Waals surface area contributed by atoms with E-state index in [4.69, 9.17) is 0 Å². The molecule has 4 heteroatoms. The van der Waals surface area contributed by atoms with Crippen molar-refractivity contribution in [2.45, 2.75) is 52.1 Å². The van der Waals surface area contributed by atoms with Gasteiger partial charge in [-0.05, 0) is 44.9 Å². The number of benzene rings is 1. The van der Waals surface area contributed by atoms with Gasteiger partial charge in [0.2, 0.25) is 5.91 Å². The van der Waals surface area contributed by atoms with Gasteiger partial charge in [-0.1, -0.05) is 19.1 Å². The van der Waals surface area contributed by atoms with Crippen LogP contribution in [0.3, 0.4) is 0 Å². The van der Waals surface area contributed by atoms with Gasteiger partial charge >= 0.3 is 0 Å². The van der Waals surface area contributed by atoms with E-state index < -0.39 is 0 Å². The number of amides is 1. The predicted octanol–water partition coefficient (Wildman–Crippen LogP) is 3.17. The van der Waals surface area contributed by atoms with Gasteiger partial charge in [-0.2, -0.15) is 0 Å². The molecule has 3 nitrogen and oxygen atoms in total. The molecular weight excluding hydrogens is 255 g/mol. The third kappa shape index (κ3) is 6.15. The fraction of sp³-hybridized carbons (Fsp3) is 0.562. The molecule has 0 bridgehead atoms. The Balaban J connectivity index is 2.45. The molecule has 1 aromatic rings. The SMILES string of the molecule is CCC(NCCC(=O)NC(C)(C)C)c1cccc(F)c1. The molecule has 0 aliphatic carbocycles. The Kier molecular flexibility index (Phi) is 6.14. The van der Waals surface area contributed by atoms with Crippen LogP contribution in [0.5, 0.6) is 0 Å². The van der Waals surface area contributed by atoms with Crippen molar-refractivity contribution in [2.75, 3.05) is 6.54 Å². The van der Waals surface area contributed by atoms with Crippen LogP contribution >= 0.6 is 0 Å². The Hall–Kier alpha value is -1.42. The topological polar surface area (TPSA) is 41.1 Å². The van der Waals surface area contributed by atoms with E-state index in [9.17, 15) is 9.18 Å². The van der Waals surface area contributed by atoms with Gasteiger partial charge in [0, 0.05) is 24.5 Å². The summed E-state index contributed by atoms with van der Waals surface area (Å²) in [7, 11) is 0. The van der Waals surface area contributed by atoms with E-state index in [1.165, 1.54) is 12.1 Å². The molecule has 0 fully saturated rings. The molecule has 1 amide bonds. The van der Waals surface area contributed by atoms with E-state index in [-0.39, 0.29) is 23.3 Å². The van der Waals surface area contributed by atoms with Crippen molar-refractivity contribution in [3.63, 3.8) is 0 Å². The molecular formula is C16H25FN2O. The molecule has 0 aromatic heterocycles. The number of hydrogen-bond acceptors (Lipinski definition) is 2. The number of hydrogen-bond donors (Lipinski definition) is 2. The molecule has 0 spiro atoms. The van der Waals surface area contributed by atoms with Crippen molar-refractivity contribution >= 4 is 5.91 Å². The minimum absolute atomic E-state index is 0.0269. The summed E-state index contributed by atoms with van der Waals surface area (Å²) in [5, 5.41) is 6.22. The summed E-state index contributed by atoms with van der Waals surface area (Å²) < 4.78 is 13.2. The van der Waals surface area contributed by atoms with Gasteiger partial charge in [0.05, 0.1) is 0 Å². The number of carbonyl (C=O) groups excluding carboxylic acids is 1. The fourth-order valence-electron chi connectivity index (χ4n) is 2.06. The van der Waals surface area contributed by atoms with Gasteiger partial charge in [0.25, 0.3) is 0 Å². The first kappa shape index (κ1) is 16.6. The predicted molar refractivity (Wildman–Crippen MR) is 79.9 cm³/mol. The van der Waals surface area contributed by atoms with Crippen LogP contribution in [-0.2, 0) is 4.79 Å². The zero-order chi connectivity index (χ0) is 15.2. The van der Waals surface area contributed by atoms with Gasteiger partial charge < -0.3 is 10.6 Å². The van der Waals surface area contributed by atoms with Crippen molar-refractivity contribution in [2.24, 2.45) is 0 Å². The quantitative estimate of drug-likeness (QED) is 0.840. The lowest BCUT2D eigenvalue weighted by Crippen LogP contribution is -2.41. The number of halogens is 1. The molecule has 1 rings (SSSR count). The smallest absolute Gasteiger partial charge is 0.221 e. The lowest BCUT2D eigenvalue weighted by Gasteiger charge is -2.21. The molecule has 1 aromatic carbocycles. The zero-order valence-corrected chi connectivity index (χ0v) is 12.8. The van der Waals surface area contributed by atoms with E-state index in [2.05, 4.69) is 10.6 Å². The Morgan fingerprint density at radius 2 is 2.05 bits per heavy atom. The molecule has 0 heterocycles. The summed E-state index contributed by atoms with van der Waals surface area (Å²) in [5.41, 5.74) is 0.716. The average Bonchev–Trinajstić information content (AvgIpc) is 2.32. The molecule has 1 atom stereocenters. The van der Waals surface area contributed by atoms with Crippen molar-refractivity contribution < 1.29 is 9.18 Å². The maximum absolute atomic E-state index is 13.2. The van der Waals surface area contributed by atoms with Crippen molar-refractivity contribution in [1.29, 1.82) is 0 Å². The summed E-state index contributed by atoms with van der Waals surface area (Å²) in [6.07, 6.45) is 1.27. The van der Waals surface area contributed by atoms with Crippen LogP contribution in [-0.4, -0.2) is 18.0 Å². The summed E-state index contributed by atoms with van der Waals surface area (Å²) in [6.45, 7) is 8.49. The van der Waals surface area contributed by atoms with E-state index in [1.807, 2.05) is 33.8 Å². The molecule has 2 N–H and O–H groups in total. The third-order valence-electron chi connectivity index (χ3n) is 2.92. The fourth-order valence-corrected chi connectivity index (χ4v) is 2.06.